The van der Waals surface area contributed by atoms with Crippen molar-refractivity contribution in [3.8, 4) is 0 Å². The average molecular weight is 206 g/mol. The molecular formula is C9H16F2N2O. The van der Waals surface area contributed by atoms with E-state index in [2.05, 4.69) is 0 Å². The Labute approximate surface area is 82.2 Å². The summed E-state index contributed by atoms with van der Waals surface area (Å²) in [4.78, 5) is 12.9. The lowest BCUT2D eigenvalue weighted by Crippen LogP contribution is -2.48. The Morgan fingerprint density at radius 2 is 2.21 bits per heavy atom. The van der Waals surface area contributed by atoms with Crippen LogP contribution in [0.15, 0.2) is 0 Å². The molecule has 2 N–H and O–H groups in total. The number of hydrogen-bond donors (Lipinski definition) is 1. The van der Waals surface area contributed by atoms with Gasteiger partial charge in [-0.1, -0.05) is 0 Å². The molecule has 0 spiro atoms. The minimum absolute atomic E-state index is 0.151. The molecule has 1 saturated heterocycles. The van der Waals surface area contributed by atoms with Crippen LogP contribution in [0, 0.1) is 5.92 Å². The maximum absolute atomic E-state index is 12.4. The van der Waals surface area contributed by atoms with Gasteiger partial charge < -0.3 is 10.6 Å². The van der Waals surface area contributed by atoms with Gasteiger partial charge in [-0.25, -0.2) is 8.78 Å². The van der Waals surface area contributed by atoms with Gasteiger partial charge in [0.15, 0.2) is 0 Å². The van der Waals surface area contributed by atoms with Gasteiger partial charge in [0.1, 0.15) is 0 Å². The number of nitrogens with zero attached hydrogens (tertiary/aromatic N) is 1. The van der Waals surface area contributed by atoms with Crippen molar-refractivity contribution in [3.63, 3.8) is 0 Å². The molecule has 0 unspecified atom stereocenters. The summed E-state index contributed by atoms with van der Waals surface area (Å²) in [6, 6.07) is -0.591. The van der Waals surface area contributed by atoms with Gasteiger partial charge in [0.25, 0.3) is 0 Å². The van der Waals surface area contributed by atoms with Crippen molar-refractivity contribution >= 4 is 5.91 Å². The predicted octanol–water partition coefficient (Wildman–Crippen LogP) is 0.837. The van der Waals surface area contributed by atoms with Crippen LogP contribution >= 0.6 is 0 Å². The summed E-state index contributed by atoms with van der Waals surface area (Å²) in [6.07, 6.45) is -1.19. The average Bonchev–Trinajstić information content (AvgIpc) is 2.16. The quantitative estimate of drug-likeness (QED) is 0.727. The number of carbonyl (C=O) groups excluding carboxylic acids is 1. The van der Waals surface area contributed by atoms with Crippen LogP contribution in [0.25, 0.3) is 0 Å². The van der Waals surface area contributed by atoms with Gasteiger partial charge in [-0.3, -0.25) is 4.79 Å². The molecule has 14 heavy (non-hydrogen) atoms. The Bertz CT molecular complexity index is 209. The fraction of sp³-hybridized carbons (Fsp3) is 0.889. The molecule has 1 aliphatic heterocycles. The predicted molar refractivity (Wildman–Crippen MR) is 49.0 cm³/mol. The molecule has 0 saturated carbocycles. The van der Waals surface area contributed by atoms with Crippen molar-refractivity contribution in [1.29, 1.82) is 0 Å². The molecule has 2 atom stereocenters. The van der Waals surface area contributed by atoms with Gasteiger partial charge in [-0.15, -0.1) is 0 Å². The van der Waals surface area contributed by atoms with Crippen LogP contribution in [0.3, 0.4) is 0 Å². The lowest BCUT2D eigenvalue weighted by atomic mass is 9.98. The smallest absolute Gasteiger partial charge is 0.243 e. The van der Waals surface area contributed by atoms with E-state index in [1.54, 1.807) is 6.92 Å². The third kappa shape index (κ3) is 2.64. The Kier molecular flexibility index (Phi) is 3.80. The molecule has 1 amide bonds. The highest BCUT2D eigenvalue weighted by Crippen LogP contribution is 2.22. The van der Waals surface area contributed by atoms with E-state index in [-0.39, 0.29) is 12.5 Å². The van der Waals surface area contributed by atoms with E-state index in [0.717, 1.165) is 0 Å². The largest absolute Gasteiger partial charge is 0.341 e. The Morgan fingerprint density at radius 1 is 1.57 bits per heavy atom. The lowest BCUT2D eigenvalue weighted by Gasteiger charge is -2.33. The first-order chi connectivity index (χ1) is 6.52. The minimum atomic E-state index is -2.33. The van der Waals surface area contributed by atoms with Crippen molar-refractivity contribution < 1.29 is 13.6 Å². The summed E-state index contributed by atoms with van der Waals surface area (Å²) in [5.41, 5.74) is 5.41. The van der Waals surface area contributed by atoms with Gasteiger partial charge in [0.2, 0.25) is 12.3 Å². The molecule has 0 bridgehead atoms. The van der Waals surface area contributed by atoms with E-state index in [9.17, 15) is 13.6 Å². The zero-order valence-electron chi connectivity index (χ0n) is 8.25. The Hall–Kier alpha value is -0.710. The van der Waals surface area contributed by atoms with Crippen molar-refractivity contribution in [3.05, 3.63) is 0 Å². The number of hydrogen-bond acceptors (Lipinski definition) is 2. The SMILES string of the molecule is C[C@@H](N)C(=O)N1CCC[C@@H](C(F)F)C1. The van der Waals surface area contributed by atoms with Gasteiger partial charge >= 0.3 is 0 Å². The maximum Gasteiger partial charge on any atom is 0.243 e. The van der Waals surface area contributed by atoms with E-state index in [0.29, 0.717) is 19.4 Å². The number of nitrogens with two attached hydrogens (primary N) is 1. The zero-order chi connectivity index (χ0) is 10.7. The second kappa shape index (κ2) is 4.68. The summed E-state index contributed by atoms with van der Waals surface area (Å²) in [7, 11) is 0. The van der Waals surface area contributed by atoms with E-state index >= 15 is 0 Å². The molecule has 0 aromatic carbocycles. The molecular weight excluding hydrogens is 190 g/mol. The number of piperidine rings is 1. The molecule has 82 valence electrons. The van der Waals surface area contributed by atoms with Crippen LogP contribution < -0.4 is 5.73 Å². The number of rotatable bonds is 2. The van der Waals surface area contributed by atoms with Crippen LogP contribution in [0.4, 0.5) is 8.78 Å². The van der Waals surface area contributed by atoms with Gasteiger partial charge in [0.05, 0.1) is 6.04 Å². The third-order valence-corrected chi connectivity index (χ3v) is 2.52. The van der Waals surface area contributed by atoms with Crippen molar-refractivity contribution in [2.24, 2.45) is 11.7 Å². The van der Waals surface area contributed by atoms with E-state index in [1.165, 1.54) is 4.90 Å². The van der Waals surface area contributed by atoms with Crippen molar-refractivity contribution in [1.82, 2.24) is 4.90 Å². The number of alkyl halides is 2. The molecule has 3 nitrogen and oxygen atoms in total. The zero-order valence-corrected chi connectivity index (χ0v) is 8.25. The van der Waals surface area contributed by atoms with Crippen LogP contribution in [0.1, 0.15) is 19.8 Å². The number of likely N-dealkylation sites (tertiary alicyclic amines) is 1. The molecule has 1 rings (SSSR count). The monoisotopic (exact) mass is 206 g/mol. The second-order valence-corrected chi connectivity index (χ2v) is 3.81. The topological polar surface area (TPSA) is 46.3 Å². The molecule has 0 aliphatic carbocycles. The fourth-order valence-electron chi connectivity index (χ4n) is 1.70. The van der Waals surface area contributed by atoms with Crippen molar-refractivity contribution in [2.75, 3.05) is 13.1 Å². The summed E-state index contributed by atoms with van der Waals surface area (Å²) in [6.45, 7) is 2.29. The lowest BCUT2D eigenvalue weighted by molar-refractivity contribution is -0.135. The maximum atomic E-state index is 12.4. The third-order valence-electron chi connectivity index (χ3n) is 2.52. The highest BCUT2D eigenvalue weighted by molar-refractivity contribution is 5.81. The summed E-state index contributed by atoms with van der Waals surface area (Å²) in [5, 5.41) is 0. The molecule has 0 aromatic heterocycles. The van der Waals surface area contributed by atoms with E-state index in [4.69, 9.17) is 5.73 Å². The minimum Gasteiger partial charge on any atom is -0.341 e. The van der Waals surface area contributed by atoms with Crippen LogP contribution in [-0.4, -0.2) is 36.4 Å². The summed E-state index contributed by atoms with van der Waals surface area (Å²) >= 11 is 0. The first-order valence-corrected chi connectivity index (χ1v) is 4.85. The highest BCUT2D eigenvalue weighted by Gasteiger charge is 2.30. The second-order valence-electron chi connectivity index (χ2n) is 3.81. The number of amides is 1. The molecule has 0 radical (unpaired) electrons. The van der Waals surface area contributed by atoms with Gasteiger partial charge in [0, 0.05) is 19.0 Å². The van der Waals surface area contributed by atoms with E-state index in [1.807, 2.05) is 0 Å². The highest BCUT2D eigenvalue weighted by atomic mass is 19.3. The first-order valence-electron chi connectivity index (χ1n) is 4.85. The molecule has 5 heteroatoms. The number of carbonyl (C=O) groups is 1. The molecule has 1 aliphatic rings. The van der Waals surface area contributed by atoms with Gasteiger partial charge in [-0.2, -0.15) is 0 Å². The summed E-state index contributed by atoms with van der Waals surface area (Å²) in [5.74, 6) is -0.901. The Morgan fingerprint density at radius 3 is 2.71 bits per heavy atom. The van der Waals surface area contributed by atoms with Crippen LogP contribution in [0.2, 0.25) is 0 Å². The Balaban J connectivity index is 2.51. The van der Waals surface area contributed by atoms with Gasteiger partial charge in [-0.05, 0) is 19.8 Å². The standard InChI is InChI=1S/C9H16F2N2O/c1-6(12)9(14)13-4-2-3-7(5-13)8(10)11/h6-8H,2-5,12H2,1H3/t6-,7-/m1/s1. The van der Waals surface area contributed by atoms with E-state index < -0.39 is 18.4 Å². The van der Waals surface area contributed by atoms with Crippen LogP contribution in [-0.2, 0) is 4.79 Å². The first kappa shape index (κ1) is 11.4. The van der Waals surface area contributed by atoms with Crippen LogP contribution in [0.5, 0.6) is 0 Å². The molecule has 1 fully saturated rings. The molecule has 1 heterocycles. The van der Waals surface area contributed by atoms with Crippen molar-refractivity contribution in [2.45, 2.75) is 32.2 Å². The molecule has 0 aromatic rings. The fourth-order valence-corrected chi connectivity index (χ4v) is 1.70. The summed E-state index contributed by atoms with van der Waals surface area (Å²) < 4.78 is 24.8. The number of halogens is 2. The normalized spacial score (nSPS) is 25.2.